The molecule has 2 aromatic carbocycles. The van der Waals surface area contributed by atoms with Crippen molar-refractivity contribution in [3.05, 3.63) is 70.2 Å². The van der Waals surface area contributed by atoms with E-state index in [0.29, 0.717) is 12.1 Å². The Kier molecular flexibility index (Phi) is 6.56. The van der Waals surface area contributed by atoms with Crippen LogP contribution in [0.5, 0.6) is 0 Å². The second-order valence-electron chi connectivity index (χ2n) is 9.11. The van der Waals surface area contributed by atoms with Crippen LogP contribution >= 0.6 is 11.6 Å². The van der Waals surface area contributed by atoms with Crippen LogP contribution in [0.2, 0.25) is 5.02 Å². The number of aliphatic hydroxyl groups is 1. The number of halogens is 6. The average molecular weight is 517 g/mol. The number of likely N-dealkylation sites (tertiary alicyclic amines) is 1. The van der Waals surface area contributed by atoms with E-state index in [1.807, 2.05) is 0 Å². The molecule has 188 valence electrons. The van der Waals surface area contributed by atoms with Crippen LogP contribution in [-0.4, -0.2) is 47.6 Å². The van der Waals surface area contributed by atoms with Crippen LogP contribution < -0.4 is 5.32 Å². The van der Waals surface area contributed by atoms with Crippen molar-refractivity contribution < 1.29 is 36.6 Å². The third-order valence-electron chi connectivity index (χ3n) is 7.07. The Balaban J connectivity index is 1.62. The molecule has 35 heavy (non-hydrogen) atoms. The molecule has 2 amide bonds. The number of rotatable bonds is 3. The zero-order valence-corrected chi connectivity index (χ0v) is 19.1. The van der Waals surface area contributed by atoms with E-state index in [1.54, 1.807) is 12.1 Å². The Labute approximate surface area is 202 Å². The zero-order chi connectivity index (χ0) is 25.6. The second kappa shape index (κ2) is 9.05. The maximum Gasteiger partial charge on any atom is 0.430 e. The lowest BCUT2D eigenvalue weighted by Crippen LogP contribution is -2.59. The van der Waals surface area contributed by atoms with Gasteiger partial charge < -0.3 is 15.3 Å². The zero-order valence-electron chi connectivity index (χ0n) is 18.3. The quantitative estimate of drug-likeness (QED) is 0.598. The Hall–Kier alpha value is -2.72. The smallest absolute Gasteiger partial charge is 0.368 e. The first-order chi connectivity index (χ1) is 16.4. The highest BCUT2D eigenvalue weighted by atomic mass is 35.5. The van der Waals surface area contributed by atoms with Crippen molar-refractivity contribution in [1.29, 1.82) is 0 Å². The van der Waals surface area contributed by atoms with Crippen molar-refractivity contribution in [3.8, 4) is 0 Å². The molecule has 0 aliphatic carbocycles. The highest BCUT2D eigenvalue weighted by Gasteiger charge is 2.63. The van der Waals surface area contributed by atoms with E-state index in [0.717, 1.165) is 16.5 Å². The number of carbonyl (C=O) groups excluding carboxylic acids is 2. The first-order valence-corrected chi connectivity index (χ1v) is 11.3. The molecule has 0 saturated carbocycles. The molecule has 11 heteroatoms. The summed E-state index contributed by atoms with van der Waals surface area (Å²) < 4.78 is 69.3. The normalized spacial score (nSPS) is 22.0. The SMILES string of the molecule is O=C1CC2(CCN(C(=O)[C@@](O)(c3cc(F)cc(Cl)c3)C(F)(F)F)CC2)[C@H](c2ccc(F)cc2)CN1. The van der Waals surface area contributed by atoms with E-state index in [-0.39, 0.29) is 50.7 Å². The number of benzene rings is 2. The molecule has 2 N–H and O–H groups in total. The third kappa shape index (κ3) is 4.61. The molecule has 2 fully saturated rings. The number of nitrogens with one attached hydrogen (secondary N) is 1. The maximum absolute atomic E-state index is 14.0. The molecule has 0 radical (unpaired) electrons. The minimum absolute atomic E-state index is 0.0973. The minimum Gasteiger partial charge on any atom is -0.368 e. The van der Waals surface area contributed by atoms with Crippen molar-refractivity contribution in [2.24, 2.45) is 5.41 Å². The van der Waals surface area contributed by atoms with Gasteiger partial charge in [0.15, 0.2) is 0 Å². The molecular formula is C24H22ClF5N2O3. The number of amides is 2. The van der Waals surface area contributed by atoms with Crippen LogP contribution in [0.3, 0.4) is 0 Å². The van der Waals surface area contributed by atoms with Gasteiger partial charge in [-0.1, -0.05) is 23.7 Å². The molecule has 2 aliphatic heterocycles. The second-order valence-corrected chi connectivity index (χ2v) is 9.54. The van der Waals surface area contributed by atoms with Gasteiger partial charge in [-0.05, 0) is 54.2 Å². The van der Waals surface area contributed by atoms with Gasteiger partial charge in [0.25, 0.3) is 11.5 Å². The van der Waals surface area contributed by atoms with E-state index in [2.05, 4.69) is 5.32 Å². The van der Waals surface area contributed by atoms with Gasteiger partial charge in [-0.3, -0.25) is 9.59 Å². The summed E-state index contributed by atoms with van der Waals surface area (Å²) >= 11 is 5.69. The molecule has 2 aromatic rings. The Morgan fingerprint density at radius 2 is 1.69 bits per heavy atom. The molecular weight excluding hydrogens is 495 g/mol. The van der Waals surface area contributed by atoms with E-state index in [1.165, 1.54) is 12.1 Å². The molecule has 4 rings (SSSR count). The van der Waals surface area contributed by atoms with Crippen molar-refractivity contribution >= 4 is 23.4 Å². The van der Waals surface area contributed by atoms with Crippen LogP contribution in [0, 0.1) is 17.0 Å². The predicted molar refractivity (Wildman–Crippen MR) is 116 cm³/mol. The fraction of sp³-hybridized carbons (Fsp3) is 0.417. The summed E-state index contributed by atoms with van der Waals surface area (Å²) in [5.41, 5.74) is -4.90. The van der Waals surface area contributed by atoms with Crippen LogP contribution in [0.1, 0.15) is 36.3 Å². The summed E-state index contributed by atoms with van der Waals surface area (Å²) in [6, 6.07) is 7.70. The Morgan fingerprint density at radius 1 is 1.06 bits per heavy atom. The number of hydrogen-bond acceptors (Lipinski definition) is 3. The van der Waals surface area contributed by atoms with Gasteiger partial charge in [-0.15, -0.1) is 0 Å². The summed E-state index contributed by atoms with van der Waals surface area (Å²) in [6.07, 6.45) is -4.98. The standard InChI is InChI=1S/C24H22ClF5N2O3/c25-16-9-15(10-18(27)11-16)23(35,24(28,29)30)21(34)32-7-5-22(6-8-32)12-20(33)31-13-19(22)14-1-3-17(26)4-2-14/h1-4,9-11,19,35H,5-8,12-13H2,(H,31,33)/t19-,23-/m0/s1. The van der Waals surface area contributed by atoms with Crippen LogP contribution in [0.4, 0.5) is 22.0 Å². The number of alkyl halides is 3. The monoisotopic (exact) mass is 516 g/mol. The number of hydrogen-bond donors (Lipinski definition) is 2. The van der Waals surface area contributed by atoms with E-state index >= 15 is 0 Å². The largest absolute Gasteiger partial charge is 0.430 e. The van der Waals surface area contributed by atoms with Crippen LogP contribution in [0.15, 0.2) is 42.5 Å². The molecule has 1 spiro atoms. The van der Waals surface area contributed by atoms with Crippen LogP contribution in [0.25, 0.3) is 0 Å². The first kappa shape index (κ1) is 25.4. The van der Waals surface area contributed by atoms with Gasteiger partial charge in [0.05, 0.1) is 0 Å². The highest BCUT2D eigenvalue weighted by Crippen LogP contribution is 2.50. The van der Waals surface area contributed by atoms with Crippen molar-refractivity contribution in [2.75, 3.05) is 19.6 Å². The van der Waals surface area contributed by atoms with Crippen molar-refractivity contribution in [3.63, 3.8) is 0 Å². The molecule has 0 aromatic heterocycles. The maximum atomic E-state index is 14.0. The molecule has 0 bridgehead atoms. The van der Waals surface area contributed by atoms with Crippen LogP contribution in [-0.2, 0) is 15.2 Å². The molecule has 2 saturated heterocycles. The minimum atomic E-state index is -5.45. The average Bonchev–Trinajstić information content (AvgIpc) is 2.78. The summed E-state index contributed by atoms with van der Waals surface area (Å²) in [6.45, 7) is -0.0524. The summed E-state index contributed by atoms with van der Waals surface area (Å²) in [5.74, 6) is -3.64. The lowest BCUT2D eigenvalue weighted by molar-refractivity contribution is -0.262. The van der Waals surface area contributed by atoms with Gasteiger partial charge in [0.2, 0.25) is 5.91 Å². The third-order valence-corrected chi connectivity index (χ3v) is 7.29. The molecule has 2 heterocycles. The number of piperidine rings is 2. The molecule has 2 atom stereocenters. The van der Waals surface area contributed by atoms with Gasteiger partial charge in [0.1, 0.15) is 11.6 Å². The van der Waals surface area contributed by atoms with E-state index in [9.17, 15) is 36.6 Å². The summed E-state index contributed by atoms with van der Waals surface area (Å²) in [5, 5.41) is 13.0. The van der Waals surface area contributed by atoms with E-state index < -0.39 is 45.3 Å². The summed E-state index contributed by atoms with van der Waals surface area (Å²) in [4.78, 5) is 26.2. The molecule has 5 nitrogen and oxygen atoms in total. The van der Waals surface area contributed by atoms with Gasteiger partial charge >= 0.3 is 6.18 Å². The fourth-order valence-electron chi connectivity index (χ4n) is 5.18. The van der Waals surface area contributed by atoms with Gasteiger partial charge in [-0.2, -0.15) is 13.2 Å². The molecule has 0 unspecified atom stereocenters. The topological polar surface area (TPSA) is 69.6 Å². The fourth-order valence-corrected chi connectivity index (χ4v) is 5.41. The van der Waals surface area contributed by atoms with E-state index in [4.69, 9.17) is 11.6 Å². The predicted octanol–water partition coefficient (Wildman–Crippen LogP) is 4.28. The Bertz CT molecular complexity index is 1110. The number of nitrogens with zero attached hydrogens (tertiary/aromatic N) is 1. The van der Waals surface area contributed by atoms with Crippen molar-refractivity contribution in [2.45, 2.75) is 37.0 Å². The van der Waals surface area contributed by atoms with Gasteiger partial charge in [0, 0.05) is 42.6 Å². The summed E-state index contributed by atoms with van der Waals surface area (Å²) in [7, 11) is 0. The Morgan fingerprint density at radius 3 is 2.26 bits per heavy atom. The molecule has 2 aliphatic rings. The lowest BCUT2D eigenvalue weighted by atomic mass is 9.62. The lowest BCUT2D eigenvalue weighted by Gasteiger charge is -2.50. The first-order valence-electron chi connectivity index (χ1n) is 10.9. The highest BCUT2D eigenvalue weighted by molar-refractivity contribution is 6.30. The van der Waals surface area contributed by atoms with Crippen molar-refractivity contribution in [1.82, 2.24) is 10.2 Å². The van der Waals surface area contributed by atoms with Gasteiger partial charge in [-0.25, -0.2) is 8.78 Å². The number of carbonyl (C=O) groups is 2.